The lowest BCUT2D eigenvalue weighted by Gasteiger charge is -2.12. The number of unbranched alkanes of at least 4 members (excludes halogenated alkanes) is 1. The minimum Gasteiger partial charge on any atom is -0.343 e. The van der Waals surface area contributed by atoms with Gasteiger partial charge < -0.3 is 9.98 Å². The lowest BCUT2D eigenvalue weighted by molar-refractivity contribution is 0.496. The molecular formula is C26H34N2. The highest BCUT2D eigenvalue weighted by Crippen LogP contribution is 2.24. The zero-order chi connectivity index (χ0) is 20.1. The molecule has 0 saturated carbocycles. The van der Waals surface area contributed by atoms with E-state index in [2.05, 4.69) is 87.0 Å². The second kappa shape index (κ2) is 9.23. The Hall–Kier alpha value is -2.35. The number of benzene rings is 2. The average molecular weight is 375 g/mol. The molecule has 1 atom stereocenters. The molecule has 28 heavy (non-hydrogen) atoms. The molecule has 2 nitrogen and oxygen atoms in total. The summed E-state index contributed by atoms with van der Waals surface area (Å²) in [5, 5.41) is 9.60. The quantitative estimate of drug-likeness (QED) is 0.315. The summed E-state index contributed by atoms with van der Waals surface area (Å²) in [5.74, 6) is 0.945. The predicted molar refractivity (Wildman–Crippen MR) is 121 cm³/mol. The third-order valence-electron chi connectivity index (χ3n) is 5.80. The zero-order valence-corrected chi connectivity index (χ0v) is 17.8. The molecule has 3 aromatic rings. The molecule has 2 heteroatoms. The Balaban J connectivity index is 1.57. The molecule has 0 amide bonds. The highest BCUT2D eigenvalue weighted by Gasteiger charge is 2.14. The Kier molecular flexibility index (Phi) is 6.72. The van der Waals surface area contributed by atoms with Gasteiger partial charge in [-0.2, -0.15) is 0 Å². The van der Waals surface area contributed by atoms with Crippen LogP contribution in [0.15, 0.2) is 54.6 Å². The minimum atomic E-state index is 0.249. The van der Waals surface area contributed by atoms with Crippen molar-refractivity contribution in [3.8, 4) is 0 Å². The standard InChI is InChI=1S/C26H34N2/c1-19(2)26(27)25-18-23-15-14-22(17-24(23)28(25)4)16-20(3)10-8-9-13-21-11-6-5-7-12-21/h5-7,11-12,14-15,17-20,27H,8-10,13,16H2,1-4H3/t20-/m0/s1. The van der Waals surface area contributed by atoms with Crippen LogP contribution < -0.4 is 0 Å². The Morgan fingerprint density at radius 2 is 1.68 bits per heavy atom. The first-order chi connectivity index (χ1) is 13.5. The Morgan fingerprint density at radius 1 is 0.929 bits per heavy atom. The van der Waals surface area contributed by atoms with Gasteiger partial charge in [0.25, 0.3) is 0 Å². The van der Waals surface area contributed by atoms with Crippen LogP contribution in [0.1, 0.15) is 56.9 Å². The van der Waals surface area contributed by atoms with Crippen molar-refractivity contribution in [2.75, 3.05) is 0 Å². The zero-order valence-electron chi connectivity index (χ0n) is 17.8. The molecule has 0 fully saturated rings. The van der Waals surface area contributed by atoms with Gasteiger partial charge in [0.1, 0.15) is 0 Å². The molecule has 0 aliphatic heterocycles. The summed E-state index contributed by atoms with van der Waals surface area (Å²) in [6, 6.07) is 19.8. The summed E-state index contributed by atoms with van der Waals surface area (Å²) in [6.45, 7) is 6.55. The van der Waals surface area contributed by atoms with Crippen LogP contribution >= 0.6 is 0 Å². The van der Waals surface area contributed by atoms with Crippen LogP contribution in [0, 0.1) is 17.2 Å². The summed E-state index contributed by atoms with van der Waals surface area (Å²) in [5.41, 5.74) is 5.86. The first kappa shape index (κ1) is 20.4. The number of aromatic nitrogens is 1. The molecule has 0 bridgehead atoms. The van der Waals surface area contributed by atoms with Gasteiger partial charge in [-0.05, 0) is 54.4 Å². The second-order valence-corrected chi connectivity index (χ2v) is 8.59. The molecule has 0 aliphatic carbocycles. The molecule has 0 aliphatic rings. The summed E-state index contributed by atoms with van der Waals surface area (Å²) in [4.78, 5) is 0. The van der Waals surface area contributed by atoms with Crippen molar-refractivity contribution in [2.24, 2.45) is 18.9 Å². The van der Waals surface area contributed by atoms with Gasteiger partial charge in [-0.3, -0.25) is 0 Å². The van der Waals surface area contributed by atoms with Gasteiger partial charge in [0.15, 0.2) is 0 Å². The van der Waals surface area contributed by atoms with E-state index in [1.165, 1.54) is 47.7 Å². The van der Waals surface area contributed by atoms with Gasteiger partial charge in [0.05, 0.1) is 11.4 Å². The topological polar surface area (TPSA) is 28.8 Å². The van der Waals surface area contributed by atoms with E-state index in [1.54, 1.807) is 0 Å². The third kappa shape index (κ3) is 4.92. The van der Waals surface area contributed by atoms with Gasteiger partial charge in [0, 0.05) is 18.0 Å². The van der Waals surface area contributed by atoms with Crippen molar-refractivity contribution in [1.29, 1.82) is 5.41 Å². The molecule has 148 valence electrons. The fraction of sp³-hybridized carbons (Fsp3) is 0.423. The molecule has 1 N–H and O–H groups in total. The van der Waals surface area contributed by atoms with E-state index in [0.29, 0.717) is 11.6 Å². The van der Waals surface area contributed by atoms with E-state index >= 15 is 0 Å². The largest absolute Gasteiger partial charge is 0.343 e. The van der Waals surface area contributed by atoms with Gasteiger partial charge in [-0.1, -0.05) is 76.1 Å². The van der Waals surface area contributed by atoms with E-state index in [1.807, 2.05) is 0 Å². The average Bonchev–Trinajstić information content (AvgIpc) is 3.01. The number of aryl methyl sites for hydroxylation is 2. The van der Waals surface area contributed by atoms with Crippen LogP contribution in [-0.4, -0.2) is 10.3 Å². The first-order valence-electron chi connectivity index (χ1n) is 10.7. The molecule has 1 heterocycles. The second-order valence-electron chi connectivity index (χ2n) is 8.59. The van der Waals surface area contributed by atoms with Gasteiger partial charge in [-0.25, -0.2) is 0 Å². The number of nitrogens with zero attached hydrogens (tertiary/aromatic N) is 1. The predicted octanol–water partition coefficient (Wildman–Crippen LogP) is 6.79. The number of fused-ring (bicyclic) bond motifs is 1. The maximum absolute atomic E-state index is 8.36. The minimum absolute atomic E-state index is 0.249. The molecule has 2 aromatic carbocycles. The summed E-state index contributed by atoms with van der Waals surface area (Å²) >= 11 is 0. The van der Waals surface area contributed by atoms with Crippen molar-refractivity contribution < 1.29 is 0 Å². The van der Waals surface area contributed by atoms with E-state index in [4.69, 9.17) is 5.41 Å². The van der Waals surface area contributed by atoms with Crippen molar-refractivity contribution in [1.82, 2.24) is 4.57 Å². The van der Waals surface area contributed by atoms with Crippen LogP contribution in [0.5, 0.6) is 0 Å². The smallest absolute Gasteiger partial charge is 0.0629 e. The fourth-order valence-electron chi connectivity index (χ4n) is 4.03. The van der Waals surface area contributed by atoms with Gasteiger partial charge in [0.2, 0.25) is 0 Å². The first-order valence-corrected chi connectivity index (χ1v) is 10.7. The van der Waals surface area contributed by atoms with E-state index in [0.717, 1.165) is 12.1 Å². The van der Waals surface area contributed by atoms with Crippen LogP contribution in [-0.2, 0) is 19.9 Å². The summed E-state index contributed by atoms with van der Waals surface area (Å²) in [7, 11) is 2.09. The summed E-state index contributed by atoms with van der Waals surface area (Å²) in [6.07, 6.45) is 6.15. The van der Waals surface area contributed by atoms with Crippen molar-refractivity contribution in [3.05, 3.63) is 71.4 Å². The Bertz CT molecular complexity index is 918. The molecule has 0 spiro atoms. The van der Waals surface area contributed by atoms with Gasteiger partial charge in [-0.15, -0.1) is 0 Å². The van der Waals surface area contributed by atoms with Crippen molar-refractivity contribution >= 4 is 16.6 Å². The summed E-state index contributed by atoms with van der Waals surface area (Å²) < 4.78 is 2.19. The Morgan fingerprint density at radius 3 is 2.39 bits per heavy atom. The van der Waals surface area contributed by atoms with Crippen molar-refractivity contribution in [2.45, 2.75) is 52.9 Å². The molecular weight excluding hydrogens is 340 g/mol. The fourth-order valence-corrected chi connectivity index (χ4v) is 4.03. The Labute approximate surface area is 170 Å². The SMILES string of the molecule is CC(C)C(=N)c1cc2ccc(C[C@@H](C)CCCCc3ccccc3)cc2n1C. The van der Waals surface area contributed by atoms with E-state index in [-0.39, 0.29) is 5.92 Å². The normalized spacial score (nSPS) is 12.6. The maximum Gasteiger partial charge on any atom is 0.0629 e. The molecule has 3 rings (SSSR count). The van der Waals surface area contributed by atoms with Gasteiger partial charge >= 0.3 is 0 Å². The van der Waals surface area contributed by atoms with Crippen LogP contribution in [0.3, 0.4) is 0 Å². The van der Waals surface area contributed by atoms with Crippen LogP contribution in [0.4, 0.5) is 0 Å². The van der Waals surface area contributed by atoms with E-state index < -0.39 is 0 Å². The molecule has 0 radical (unpaired) electrons. The number of rotatable bonds is 9. The molecule has 0 unspecified atom stereocenters. The lowest BCUT2D eigenvalue weighted by Crippen LogP contribution is -2.11. The maximum atomic E-state index is 8.36. The van der Waals surface area contributed by atoms with Crippen LogP contribution in [0.2, 0.25) is 0 Å². The lowest BCUT2D eigenvalue weighted by atomic mass is 9.94. The van der Waals surface area contributed by atoms with E-state index in [9.17, 15) is 0 Å². The van der Waals surface area contributed by atoms with Crippen LogP contribution in [0.25, 0.3) is 10.9 Å². The monoisotopic (exact) mass is 374 g/mol. The highest BCUT2D eigenvalue weighted by atomic mass is 15.0. The third-order valence-corrected chi connectivity index (χ3v) is 5.80. The number of hydrogen-bond donors (Lipinski definition) is 1. The molecule has 0 saturated heterocycles. The highest BCUT2D eigenvalue weighted by molar-refractivity contribution is 6.02. The number of hydrogen-bond acceptors (Lipinski definition) is 1. The van der Waals surface area contributed by atoms with Crippen molar-refractivity contribution in [3.63, 3.8) is 0 Å². The number of nitrogens with one attached hydrogen (secondary N) is 1. The molecule has 1 aromatic heterocycles.